The minimum atomic E-state index is -0.357. The molecule has 6 nitrogen and oxygen atoms in total. The number of anilines is 3. The first-order valence-electron chi connectivity index (χ1n) is 8.18. The molecule has 1 aromatic carbocycles. The van der Waals surface area contributed by atoms with Crippen molar-refractivity contribution in [2.45, 2.75) is 19.8 Å². The molecule has 24 heavy (non-hydrogen) atoms. The molecule has 0 amide bonds. The number of rotatable bonds is 4. The van der Waals surface area contributed by atoms with Crippen molar-refractivity contribution < 1.29 is 9.53 Å². The summed E-state index contributed by atoms with van der Waals surface area (Å²) >= 11 is 0. The second kappa shape index (κ2) is 7.29. The van der Waals surface area contributed by atoms with Crippen LogP contribution >= 0.6 is 0 Å². The third-order valence-corrected chi connectivity index (χ3v) is 4.32. The van der Waals surface area contributed by atoms with Crippen molar-refractivity contribution in [2.24, 2.45) is 5.92 Å². The highest BCUT2D eigenvalue weighted by Crippen LogP contribution is 2.24. The molecule has 1 aliphatic heterocycles. The van der Waals surface area contributed by atoms with Gasteiger partial charge in [-0.3, -0.25) is 0 Å². The van der Waals surface area contributed by atoms with Crippen LogP contribution in [0.3, 0.4) is 0 Å². The molecule has 2 heterocycles. The van der Waals surface area contributed by atoms with E-state index in [9.17, 15) is 4.79 Å². The number of aromatic nitrogens is 2. The molecule has 0 atom stereocenters. The number of nitrogens with zero attached hydrogens (tertiary/aromatic N) is 3. The number of methoxy groups -OCH3 is 1. The van der Waals surface area contributed by atoms with Crippen LogP contribution in [-0.4, -0.2) is 36.1 Å². The molecule has 126 valence electrons. The molecule has 3 rings (SSSR count). The van der Waals surface area contributed by atoms with Gasteiger partial charge in [-0.05, 0) is 37.0 Å². The lowest BCUT2D eigenvalue weighted by Gasteiger charge is -2.31. The number of piperidine rings is 1. The topological polar surface area (TPSA) is 67.3 Å². The fourth-order valence-electron chi connectivity index (χ4n) is 2.82. The first-order valence-corrected chi connectivity index (χ1v) is 8.18. The van der Waals surface area contributed by atoms with Crippen LogP contribution < -0.4 is 10.2 Å². The molecule has 0 radical (unpaired) electrons. The van der Waals surface area contributed by atoms with E-state index in [0.717, 1.165) is 30.5 Å². The summed E-state index contributed by atoms with van der Waals surface area (Å²) in [6.45, 7) is 4.34. The molecule has 1 aromatic heterocycles. The van der Waals surface area contributed by atoms with Gasteiger partial charge in [0.1, 0.15) is 18.0 Å². The van der Waals surface area contributed by atoms with Crippen LogP contribution in [0.2, 0.25) is 0 Å². The van der Waals surface area contributed by atoms with Crippen molar-refractivity contribution >= 4 is 23.3 Å². The van der Waals surface area contributed by atoms with Gasteiger partial charge in [-0.1, -0.05) is 13.0 Å². The number of nitrogens with one attached hydrogen (secondary N) is 1. The van der Waals surface area contributed by atoms with E-state index in [0.29, 0.717) is 11.4 Å². The molecule has 0 aliphatic carbocycles. The van der Waals surface area contributed by atoms with Crippen LogP contribution in [0.5, 0.6) is 0 Å². The van der Waals surface area contributed by atoms with E-state index >= 15 is 0 Å². The SMILES string of the molecule is COC(=O)c1cccc(Nc2cc(N3CCC(C)CC3)ncn2)c1. The maximum absolute atomic E-state index is 11.6. The highest BCUT2D eigenvalue weighted by Gasteiger charge is 2.17. The summed E-state index contributed by atoms with van der Waals surface area (Å²) in [6.07, 6.45) is 3.95. The predicted molar refractivity (Wildman–Crippen MR) is 93.7 cm³/mol. The molecule has 0 unspecified atom stereocenters. The molecule has 6 heteroatoms. The summed E-state index contributed by atoms with van der Waals surface area (Å²) < 4.78 is 4.75. The van der Waals surface area contributed by atoms with Crippen molar-refractivity contribution in [2.75, 3.05) is 30.4 Å². The zero-order valence-corrected chi connectivity index (χ0v) is 14.0. The Bertz CT molecular complexity index is 712. The number of hydrogen-bond donors (Lipinski definition) is 1. The fraction of sp³-hybridized carbons (Fsp3) is 0.389. The van der Waals surface area contributed by atoms with Crippen molar-refractivity contribution in [3.8, 4) is 0 Å². The van der Waals surface area contributed by atoms with Gasteiger partial charge in [-0.2, -0.15) is 0 Å². The van der Waals surface area contributed by atoms with Gasteiger partial charge in [0.15, 0.2) is 0 Å². The van der Waals surface area contributed by atoms with Gasteiger partial charge in [-0.15, -0.1) is 0 Å². The van der Waals surface area contributed by atoms with Crippen LogP contribution in [0.1, 0.15) is 30.1 Å². The Morgan fingerprint density at radius 1 is 1.25 bits per heavy atom. The van der Waals surface area contributed by atoms with Crippen LogP contribution in [0.15, 0.2) is 36.7 Å². The smallest absolute Gasteiger partial charge is 0.337 e. The normalized spacial score (nSPS) is 15.2. The van der Waals surface area contributed by atoms with Crippen LogP contribution in [0.25, 0.3) is 0 Å². The third kappa shape index (κ3) is 3.82. The molecule has 1 saturated heterocycles. The summed E-state index contributed by atoms with van der Waals surface area (Å²) in [5, 5.41) is 3.23. The number of carbonyl (C=O) groups excluding carboxylic acids is 1. The number of hydrogen-bond acceptors (Lipinski definition) is 6. The van der Waals surface area contributed by atoms with E-state index in [1.54, 1.807) is 18.5 Å². The number of esters is 1. The highest BCUT2D eigenvalue weighted by molar-refractivity contribution is 5.90. The lowest BCUT2D eigenvalue weighted by Crippen LogP contribution is -2.33. The third-order valence-electron chi connectivity index (χ3n) is 4.32. The van der Waals surface area contributed by atoms with Crippen molar-refractivity contribution in [3.05, 3.63) is 42.2 Å². The van der Waals surface area contributed by atoms with Gasteiger partial charge >= 0.3 is 5.97 Å². The maximum atomic E-state index is 11.6. The molecule has 0 bridgehead atoms. The average molecular weight is 326 g/mol. The van der Waals surface area contributed by atoms with Crippen LogP contribution in [0.4, 0.5) is 17.3 Å². The van der Waals surface area contributed by atoms with Crippen molar-refractivity contribution in [1.29, 1.82) is 0 Å². The lowest BCUT2D eigenvalue weighted by molar-refractivity contribution is 0.0601. The standard InChI is InChI=1S/C18H22N4O2/c1-13-6-8-22(9-7-13)17-11-16(19-12-20-17)21-15-5-3-4-14(10-15)18(23)24-2/h3-5,10-13H,6-9H2,1-2H3,(H,19,20,21). The van der Waals surface area contributed by atoms with E-state index in [2.05, 4.69) is 27.1 Å². The molecule has 1 N–H and O–H groups in total. The molecule has 2 aromatic rings. The van der Waals surface area contributed by atoms with E-state index < -0.39 is 0 Å². The summed E-state index contributed by atoms with van der Waals surface area (Å²) in [5.41, 5.74) is 1.29. The molecule has 1 aliphatic rings. The summed E-state index contributed by atoms with van der Waals surface area (Å²) in [6, 6.07) is 9.10. The van der Waals surface area contributed by atoms with E-state index in [4.69, 9.17) is 4.74 Å². The maximum Gasteiger partial charge on any atom is 0.337 e. The minimum absolute atomic E-state index is 0.357. The Hall–Kier alpha value is -2.63. The largest absolute Gasteiger partial charge is 0.465 e. The van der Waals surface area contributed by atoms with Gasteiger partial charge < -0.3 is 15.0 Å². The Morgan fingerprint density at radius 3 is 2.79 bits per heavy atom. The first-order chi connectivity index (χ1) is 11.7. The van der Waals surface area contributed by atoms with Gasteiger partial charge in [0.2, 0.25) is 0 Å². The van der Waals surface area contributed by atoms with Crippen LogP contribution in [-0.2, 0) is 4.74 Å². The minimum Gasteiger partial charge on any atom is -0.465 e. The summed E-state index contributed by atoms with van der Waals surface area (Å²) in [5.74, 6) is 2.07. The van der Waals surface area contributed by atoms with Gasteiger partial charge in [-0.25, -0.2) is 14.8 Å². The lowest BCUT2D eigenvalue weighted by atomic mass is 9.99. The van der Waals surface area contributed by atoms with Gasteiger partial charge in [0, 0.05) is 24.8 Å². The molecule has 1 fully saturated rings. The molecule has 0 spiro atoms. The fourth-order valence-corrected chi connectivity index (χ4v) is 2.82. The second-order valence-corrected chi connectivity index (χ2v) is 6.13. The zero-order chi connectivity index (χ0) is 16.9. The van der Waals surface area contributed by atoms with Gasteiger partial charge in [0.25, 0.3) is 0 Å². The Kier molecular flexibility index (Phi) is 4.93. The van der Waals surface area contributed by atoms with Crippen molar-refractivity contribution in [3.63, 3.8) is 0 Å². The van der Waals surface area contributed by atoms with E-state index in [1.165, 1.54) is 20.0 Å². The average Bonchev–Trinajstić information content (AvgIpc) is 2.62. The number of benzene rings is 1. The summed E-state index contributed by atoms with van der Waals surface area (Å²) in [7, 11) is 1.37. The zero-order valence-electron chi connectivity index (χ0n) is 14.0. The quantitative estimate of drug-likeness (QED) is 0.870. The molecule has 0 saturated carbocycles. The first kappa shape index (κ1) is 16.2. The predicted octanol–water partition coefficient (Wildman–Crippen LogP) is 3.24. The van der Waals surface area contributed by atoms with E-state index in [-0.39, 0.29) is 5.97 Å². The number of ether oxygens (including phenoxy) is 1. The summed E-state index contributed by atoms with van der Waals surface area (Å²) in [4.78, 5) is 22.6. The monoisotopic (exact) mass is 326 g/mol. The molecular formula is C18H22N4O2. The Morgan fingerprint density at radius 2 is 2.04 bits per heavy atom. The van der Waals surface area contributed by atoms with E-state index in [1.807, 2.05) is 18.2 Å². The van der Waals surface area contributed by atoms with Crippen molar-refractivity contribution in [1.82, 2.24) is 9.97 Å². The van der Waals surface area contributed by atoms with Gasteiger partial charge in [0.05, 0.1) is 12.7 Å². The van der Waals surface area contributed by atoms with Crippen LogP contribution in [0, 0.1) is 5.92 Å². The Labute approximate surface area is 141 Å². The molecular weight excluding hydrogens is 304 g/mol. The number of carbonyl (C=O) groups is 1. The highest BCUT2D eigenvalue weighted by atomic mass is 16.5. The second-order valence-electron chi connectivity index (χ2n) is 6.13. The Balaban J connectivity index is 1.74.